The Kier molecular flexibility index (Phi) is 6.35. The number of ether oxygens (including phenoxy) is 1. The van der Waals surface area contributed by atoms with Gasteiger partial charge in [-0.1, -0.05) is 30.9 Å². The van der Waals surface area contributed by atoms with E-state index < -0.39 is 40.7 Å². The van der Waals surface area contributed by atoms with Crippen molar-refractivity contribution >= 4 is 62.7 Å². The van der Waals surface area contributed by atoms with Crippen LogP contribution in [0.4, 0.5) is 10.5 Å². The molecule has 1 aromatic heterocycles. The minimum atomic E-state index is -1.08. The number of thioether (sulfide) groups is 1. The molecule has 2 aromatic rings. The van der Waals surface area contributed by atoms with Crippen LogP contribution in [-0.4, -0.2) is 75.6 Å². The summed E-state index contributed by atoms with van der Waals surface area (Å²) in [6.07, 6.45) is 0.445. The first-order valence-electron chi connectivity index (χ1n) is 10.2. The number of thiophene rings is 1. The third-order valence-corrected chi connectivity index (χ3v) is 8.32. The number of imide groups is 1. The fraction of sp³-hybridized carbons (Fsp3) is 0.364. The van der Waals surface area contributed by atoms with Crippen molar-refractivity contribution in [3.63, 3.8) is 0 Å². The van der Waals surface area contributed by atoms with E-state index in [1.54, 1.807) is 6.92 Å². The summed E-state index contributed by atoms with van der Waals surface area (Å²) >= 11 is 2.78. The highest BCUT2D eigenvalue weighted by atomic mass is 32.2. The summed E-state index contributed by atoms with van der Waals surface area (Å²) in [5.74, 6) is -1.81. The number of carboxylic acids is 1. The molecule has 4 rings (SSSR count). The summed E-state index contributed by atoms with van der Waals surface area (Å²) in [7, 11) is 0. The van der Waals surface area contributed by atoms with Gasteiger partial charge in [-0.15, -0.1) is 23.1 Å². The first-order valence-corrected chi connectivity index (χ1v) is 12.1. The van der Waals surface area contributed by atoms with Crippen LogP contribution in [-0.2, 0) is 19.1 Å². The summed E-state index contributed by atoms with van der Waals surface area (Å²) in [5, 5.41) is 14.9. The van der Waals surface area contributed by atoms with Crippen molar-refractivity contribution < 1.29 is 29.0 Å². The van der Waals surface area contributed by atoms with Crippen LogP contribution >= 0.6 is 23.1 Å². The number of amides is 3. The van der Waals surface area contributed by atoms with E-state index in [0.29, 0.717) is 0 Å². The summed E-state index contributed by atoms with van der Waals surface area (Å²) in [4.78, 5) is 52.7. The molecule has 1 aromatic carbocycles. The maximum absolute atomic E-state index is 13.1. The van der Waals surface area contributed by atoms with E-state index in [-0.39, 0.29) is 25.4 Å². The number of hydrogen-bond acceptors (Lipinski definition) is 8. The number of β-lactam (4-membered cyclic amide) rings is 1. The SMILES string of the molecule is C=CCOC(=O)N(C(=O)CNc1csc2ccccc12)C1C(=O)N2CC(C)(C(=O)O)CS[C@H]12. The van der Waals surface area contributed by atoms with Gasteiger partial charge in [0.1, 0.15) is 12.0 Å². The summed E-state index contributed by atoms with van der Waals surface area (Å²) < 4.78 is 6.15. The van der Waals surface area contributed by atoms with E-state index in [1.165, 1.54) is 34.1 Å². The molecule has 9 nitrogen and oxygen atoms in total. The number of carbonyl (C=O) groups excluding carboxylic acids is 3. The van der Waals surface area contributed by atoms with Crippen molar-refractivity contribution in [1.82, 2.24) is 9.80 Å². The second-order valence-electron chi connectivity index (χ2n) is 8.11. The quantitative estimate of drug-likeness (QED) is 0.451. The van der Waals surface area contributed by atoms with Gasteiger partial charge in [0, 0.05) is 27.8 Å². The van der Waals surface area contributed by atoms with Gasteiger partial charge in [-0.25, -0.2) is 9.69 Å². The topological polar surface area (TPSA) is 116 Å². The summed E-state index contributed by atoms with van der Waals surface area (Å²) in [6, 6.07) is 6.68. The van der Waals surface area contributed by atoms with E-state index in [4.69, 9.17) is 4.74 Å². The van der Waals surface area contributed by atoms with Crippen molar-refractivity contribution in [2.75, 3.05) is 30.8 Å². The fourth-order valence-corrected chi connectivity index (χ4v) is 6.30. The number of aliphatic carboxylic acids is 1. The third kappa shape index (κ3) is 4.18. The maximum Gasteiger partial charge on any atom is 0.417 e. The van der Waals surface area contributed by atoms with Crippen LogP contribution in [0.1, 0.15) is 6.92 Å². The molecule has 3 atom stereocenters. The van der Waals surface area contributed by atoms with Gasteiger partial charge < -0.3 is 20.1 Å². The predicted molar refractivity (Wildman–Crippen MR) is 126 cm³/mol. The van der Waals surface area contributed by atoms with Gasteiger partial charge in [0.05, 0.1) is 17.6 Å². The first-order chi connectivity index (χ1) is 15.8. The predicted octanol–water partition coefficient (Wildman–Crippen LogP) is 2.84. The molecule has 11 heteroatoms. The minimum absolute atomic E-state index is 0.0260. The van der Waals surface area contributed by atoms with Gasteiger partial charge in [0.15, 0.2) is 6.04 Å². The highest BCUT2D eigenvalue weighted by molar-refractivity contribution is 8.00. The normalized spacial score (nSPS) is 23.9. The molecular formula is C22H23N3O6S2. The Bertz CT molecular complexity index is 1130. The van der Waals surface area contributed by atoms with Crippen molar-refractivity contribution in [3.8, 4) is 0 Å². The molecule has 0 aliphatic carbocycles. The average Bonchev–Trinajstić information content (AvgIpc) is 3.22. The molecule has 2 aliphatic heterocycles. The van der Waals surface area contributed by atoms with E-state index >= 15 is 0 Å². The maximum atomic E-state index is 13.1. The molecule has 2 saturated heterocycles. The molecule has 2 N–H and O–H groups in total. The van der Waals surface area contributed by atoms with Gasteiger partial charge in [-0.05, 0) is 13.0 Å². The van der Waals surface area contributed by atoms with Crippen molar-refractivity contribution in [3.05, 3.63) is 42.3 Å². The van der Waals surface area contributed by atoms with Gasteiger partial charge in [-0.3, -0.25) is 14.4 Å². The van der Waals surface area contributed by atoms with E-state index in [9.17, 15) is 24.3 Å². The lowest BCUT2D eigenvalue weighted by molar-refractivity contribution is -0.164. The Morgan fingerprint density at radius 1 is 1.39 bits per heavy atom. The molecule has 2 aliphatic rings. The average molecular weight is 490 g/mol. The lowest BCUT2D eigenvalue weighted by Gasteiger charge is -2.54. The van der Waals surface area contributed by atoms with Gasteiger partial charge in [0.25, 0.3) is 5.91 Å². The summed E-state index contributed by atoms with van der Waals surface area (Å²) in [5.41, 5.74) is -0.323. The monoisotopic (exact) mass is 489 g/mol. The zero-order chi connectivity index (χ0) is 23.8. The molecule has 3 heterocycles. The molecule has 33 heavy (non-hydrogen) atoms. The number of carbonyl (C=O) groups is 4. The van der Waals surface area contributed by atoms with E-state index in [0.717, 1.165) is 20.7 Å². The number of fused-ring (bicyclic) bond motifs is 2. The van der Waals surface area contributed by atoms with Crippen LogP contribution in [0.3, 0.4) is 0 Å². The zero-order valence-electron chi connectivity index (χ0n) is 17.9. The second-order valence-corrected chi connectivity index (χ2v) is 10.1. The molecule has 174 valence electrons. The molecular weight excluding hydrogens is 466 g/mol. The fourth-order valence-electron chi connectivity index (χ4n) is 3.85. The van der Waals surface area contributed by atoms with Gasteiger partial charge in [0.2, 0.25) is 5.91 Å². The largest absolute Gasteiger partial charge is 0.481 e. The molecule has 0 spiro atoms. The number of carboxylic acid groups (broad SMARTS) is 1. The van der Waals surface area contributed by atoms with E-state index in [1.807, 2.05) is 29.6 Å². The molecule has 2 unspecified atom stereocenters. The molecule has 2 fully saturated rings. The zero-order valence-corrected chi connectivity index (χ0v) is 19.5. The van der Waals surface area contributed by atoms with Gasteiger partial charge >= 0.3 is 12.1 Å². The number of nitrogens with zero attached hydrogens (tertiary/aromatic N) is 2. The Hall–Kier alpha value is -3.05. The smallest absolute Gasteiger partial charge is 0.417 e. The number of nitrogens with one attached hydrogen (secondary N) is 1. The third-order valence-electron chi connectivity index (χ3n) is 5.70. The lowest BCUT2D eigenvalue weighted by atomic mass is 9.89. The number of rotatable bonds is 7. The Balaban J connectivity index is 1.51. The van der Waals surface area contributed by atoms with Crippen molar-refractivity contribution in [2.45, 2.75) is 18.3 Å². The van der Waals surface area contributed by atoms with Crippen LogP contribution in [0.5, 0.6) is 0 Å². The molecule has 0 bridgehead atoms. The van der Waals surface area contributed by atoms with Crippen molar-refractivity contribution in [1.29, 1.82) is 0 Å². The van der Waals surface area contributed by atoms with Crippen LogP contribution in [0.2, 0.25) is 0 Å². The van der Waals surface area contributed by atoms with Crippen LogP contribution in [0.25, 0.3) is 10.1 Å². The number of hydrogen-bond donors (Lipinski definition) is 2. The highest BCUT2D eigenvalue weighted by Crippen LogP contribution is 2.44. The van der Waals surface area contributed by atoms with Crippen molar-refractivity contribution in [2.24, 2.45) is 5.41 Å². The molecule has 0 radical (unpaired) electrons. The Morgan fingerprint density at radius 3 is 2.88 bits per heavy atom. The second kappa shape index (κ2) is 9.06. The van der Waals surface area contributed by atoms with Crippen LogP contribution in [0, 0.1) is 5.41 Å². The summed E-state index contributed by atoms with van der Waals surface area (Å²) in [6.45, 7) is 4.79. The van der Waals surface area contributed by atoms with Crippen LogP contribution in [0.15, 0.2) is 42.3 Å². The van der Waals surface area contributed by atoms with E-state index in [2.05, 4.69) is 11.9 Å². The van der Waals surface area contributed by atoms with Gasteiger partial charge in [-0.2, -0.15) is 0 Å². The minimum Gasteiger partial charge on any atom is -0.481 e. The number of anilines is 1. The Morgan fingerprint density at radius 2 is 2.15 bits per heavy atom. The lowest BCUT2D eigenvalue weighted by Crippen LogP contribution is -2.75. The Labute approximate surface area is 198 Å². The van der Waals surface area contributed by atoms with Crippen LogP contribution < -0.4 is 5.32 Å². The molecule has 3 amide bonds. The molecule has 0 saturated carbocycles. The first kappa shape index (κ1) is 23.1. The standard InChI is InChI=1S/C22H23N3O6S2/c1-3-8-31-21(30)25(16(26)9-23-14-10-32-15-7-5-4-6-13(14)15)17-18(27)24-11-22(2,20(28)29)12-33-19(17)24/h3-7,10,17,19,23H,1,8-9,11-12H2,2H3,(H,28,29)/t17?,19-,22?/m1/s1. The number of benzene rings is 1. The highest BCUT2D eigenvalue weighted by Gasteiger charge is 2.59.